The molecule has 0 atom stereocenters. The van der Waals surface area contributed by atoms with Gasteiger partial charge < -0.3 is 4.90 Å². The molecule has 2 heterocycles. The Morgan fingerprint density at radius 3 is 2.12 bits per heavy atom. The fourth-order valence-corrected chi connectivity index (χ4v) is 3.93. The summed E-state index contributed by atoms with van der Waals surface area (Å²) >= 11 is 0. The summed E-state index contributed by atoms with van der Waals surface area (Å²) in [7, 11) is 1.62. The number of carbonyl (C=O) groups excluding carboxylic acids is 2. The van der Waals surface area contributed by atoms with Crippen LogP contribution in [0.25, 0.3) is 23.0 Å². The number of rotatable bonds is 3. The van der Waals surface area contributed by atoms with E-state index >= 15 is 0 Å². The lowest BCUT2D eigenvalue weighted by Crippen LogP contribution is -2.36. The SMILES string of the molecule is CN1C(=O)C(=Cc2c(-c3ccccc3)[nH]n(-c3ccccc3)c2=O)C(=O)c2ccccc21. The van der Waals surface area contributed by atoms with Gasteiger partial charge in [0, 0.05) is 18.2 Å². The molecule has 0 spiro atoms. The van der Waals surface area contributed by atoms with Gasteiger partial charge in [0.15, 0.2) is 0 Å². The molecule has 4 aromatic rings. The van der Waals surface area contributed by atoms with Crippen LogP contribution in [0.5, 0.6) is 0 Å². The third-order valence-corrected chi connectivity index (χ3v) is 5.58. The molecule has 1 aliphatic rings. The molecule has 3 aromatic carbocycles. The Labute approximate surface area is 184 Å². The number of aromatic amines is 1. The minimum absolute atomic E-state index is 0.0420. The molecule has 0 saturated carbocycles. The number of nitrogens with zero attached hydrogens (tertiary/aromatic N) is 2. The quantitative estimate of drug-likeness (QED) is 0.400. The molecule has 0 fully saturated rings. The number of hydrogen-bond donors (Lipinski definition) is 1. The average Bonchev–Trinajstić information content (AvgIpc) is 3.17. The van der Waals surface area contributed by atoms with E-state index in [4.69, 9.17) is 0 Å². The highest BCUT2D eigenvalue weighted by Gasteiger charge is 2.33. The van der Waals surface area contributed by atoms with E-state index in [0.29, 0.717) is 22.6 Å². The molecular weight excluding hydrogens is 402 g/mol. The molecular formula is C26H19N3O3. The van der Waals surface area contributed by atoms with Crippen LogP contribution in [0.4, 0.5) is 5.69 Å². The van der Waals surface area contributed by atoms with E-state index in [1.54, 1.807) is 31.3 Å². The first kappa shape index (κ1) is 19.5. The van der Waals surface area contributed by atoms with Crippen LogP contribution in [0, 0.1) is 0 Å². The van der Waals surface area contributed by atoms with Crippen LogP contribution < -0.4 is 10.5 Å². The summed E-state index contributed by atoms with van der Waals surface area (Å²) < 4.78 is 1.42. The van der Waals surface area contributed by atoms with E-state index < -0.39 is 11.7 Å². The molecule has 1 N–H and O–H groups in total. The molecule has 32 heavy (non-hydrogen) atoms. The van der Waals surface area contributed by atoms with Crippen LogP contribution in [0.15, 0.2) is 95.3 Å². The van der Waals surface area contributed by atoms with E-state index in [1.165, 1.54) is 15.7 Å². The number of amides is 1. The highest BCUT2D eigenvalue weighted by molar-refractivity contribution is 6.36. The predicted octanol–water partition coefficient (Wildman–Crippen LogP) is 4.08. The fraction of sp³-hybridized carbons (Fsp3) is 0.0385. The Kier molecular flexibility index (Phi) is 4.67. The first-order valence-corrected chi connectivity index (χ1v) is 10.2. The molecule has 1 amide bonds. The van der Waals surface area contributed by atoms with Gasteiger partial charge in [-0.1, -0.05) is 60.7 Å². The van der Waals surface area contributed by atoms with Crippen molar-refractivity contribution in [3.8, 4) is 16.9 Å². The van der Waals surface area contributed by atoms with E-state index in [2.05, 4.69) is 5.10 Å². The lowest BCUT2D eigenvalue weighted by atomic mass is 9.93. The second kappa shape index (κ2) is 7.67. The minimum atomic E-state index is -0.445. The number of nitrogens with one attached hydrogen (secondary N) is 1. The molecule has 5 rings (SSSR count). The summed E-state index contributed by atoms with van der Waals surface area (Å²) in [6.07, 6.45) is 1.41. The monoisotopic (exact) mass is 421 g/mol. The van der Waals surface area contributed by atoms with Gasteiger partial charge in [-0.25, -0.2) is 4.68 Å². The van der Waals surface area contributed by atoms with E-state index in [9.17, 15) is 14.4 Å². The van der Waals surface area contributed by atoms with Gasteiger partial charge in [-0.05, 0) is 30.3 Å². The van der Waals surface area contributed by atoms with E-state index in [1.807, 2.05) is 60.7 Å². The van der Waals surface area contributed by atoms with Crippen molar-refractivity contribution >= 4 is 23.5 Å². The zero-order valence-corrected chi connectivity index (χ0v) is 17.3. The Morgan fingerprint density at radius 1 is 0.781 bits per heavy atom. The maximum absolute atomic E-state index is 13.4. The molecule has 1 aliphatic heterocycles. The number of H-pyrrole nitrogens is 1. The van der Waals surface area contributed by atoms with Gasteiger partial charge >= 0.3 is 0 Å². The minimum Gasteiger partial charge on any atom is -0.311 e. The zero-order valence-electron chi connectivity index (χ0n) is 17.3. The van der Waals surface area contributed by atoms with Crippen molar-refractivity contribution in [1.82, 2.24) is 9.78 Å². The molecule has 1 aromatic heterocycles. The van der Waals surface area contributed by atoms with Crippen molar-refractivity contribution < 1.29 is 9.59 Å². The van der Waals surface area contributed by atoms with Gasteiger partial charge in [-0.3, -0.25) is 19.5 Å². The van der Waals surface area contributed by atoms with Gasteiger partial charge in [-0.2, -0.15) is 0 Å². The smallest absolute Gasteiger partial charge is 0.279 e. The summed E-state index contributed by atoms with van der Waals surface area (Å²) in [4.78, 5) is 41.1. The Morgan fingerprint density at radius 2 is 1.41 bits per heavy atom. The number of fused-ring (bicyclic) bond motifs is 1. The number of anilines is 1. The normalized spacial score (nSPS) is 14.7. The largest absolute Gasteiger partial charge is 0.311 e. The van der Waals surface area contributed by atoms with E-state index in [-0.39, 0.29) is 16.7 Å². The third kappa shape index (κ3) is 3.09. The van der Waals surface area contributed by atoms with Crippen LogP contribution in [0.2, 0.25) is 0 Å². The Bertz CT molecular complexity index is 1430. The van der Waals surface area contributed by atoms with Crippen molar-refractivity contribution in [3.63, 3.8) is 0 Å². The molecule has 0 radical (unpaired) electrons. The van der Waals surface area contributed by atoms with Crippen molar-refractivity contribution in [2.45, 2.75) is 0 Å². The van der Waals surface area contributed by atoms with Crippen molar-refractivity contribution in [1.29, 1.82) is 0 Å². The molecule has 0 aliphatic carbocycles. The molecule has 0 bridgehead atoms. The molecule has 0 saturated heterocycles. The van der Waals surface area contributed by atoms with Crippen molar-refractivity contribution in [2.75, 3.05) is 11.9 Å². The molecule has 6 nitrogen and oxygen atoms in total. The maximum atomic E-state index is 13.4. The lowest BCUT2D eigenvalue weighted by Gasteiger charge is -2.26. The summed E-state index contributed by atoms with van der Waals surface area (Å²) in [5, 5.41) is 3.16. The number of para-hydroxylation sites is 2. The van der Waals surface area contributed by atoms with Gasteiger partial charge in [0.05, 0.1) is 28.2 Å². The topological polar surface area (TPSA) is 75.2 Å². The third-order valence-electron chi connectivity index (χ3n) is 5.58. The number of likely N-dealkylation sites (N-methyl/N-ethyl adjacent to an activating group) is 1. The number of carbonyl (C=O) groups is 2. The van der Waals surface area contributed by atoms with Crippen molar-refractivity contribution in [3.05, 3.63) is 112 Å². The van der Waals surface area contributed by atoms with Crippen LogP contribution >= 0.6 is 0 Å². The first-order chi connectivity index (χ1) is 15.6. The predicted molar refractivity (Wildman–Crippen MR) is 124 cm³/mol. The Balaban J connectivity index is 1.74. The molecule has 156 valence electrons. The van der Waals surface area contributed by atoms with Crippen LogP contribution in [0.1, 0.15) is 15.9 Å². The average molecular weight is 421 g/mol. The van der Waals surface area contributed by atoms with Crippen LogP contribution in [0.3, 0.4) is 0 Å². The lowest BCUT2D eigenvalue weighted by molar-refractivity contribution is -0.114. The second-order valence-corrected chi connectivity index (χ2v) is 7.51. The number of Topliss-reactive ketones (excluding diaryl/α,β-unsaturated/α-hetero) is 1. The number of benzene rings is 3. The summed E-state index contributed by atoms with van der Waals surface area (Å²) in [5.74, 6) is -0.839. The fourth-order valence-electron chi connectivity index (χ4n) is 3.93. The summed E-state index contributed by atoms with van der Waals surface area (Å²) in [5.41, 5.74) is 2.82. The molecule has 6 heteroatoms. The first-order valence-electron chi connectivity index (χ1n) is 10.2. The zero-order chi connectivity index (χ0) is 22.2. The molecule has 0 unspecified atom stereocenters. The highest BCUT2D eigenvalue weighted by atomic mass is 16.2. The summed E-state index contributed by atoms with van der Waals surface area (Å²) in [6.45, 7) is 0. The number of ketones is 1. The number of hydrogen-bond acceptors (Lipinski definition) is 3. The van der Waals surface area contributed by atoms with Crippen LogP contribution in [-0.2, 0) is 4.79 Å². The maximum Gasteiger partial charge on any atom is 0.279 e. The highest BCUT2D eigenvalue weighted by Crippen LogP contribution is 2.31. The van der Waals surface area contributed by atoms with Gasteiger partial charge in [0.25, 0.3) is 11.5 Å². The van der Waals surface area contributed by atoms with Crippen LogP contribution in [-0.4, -0.2) is 28.5 Å². The van der Waals surface area contributed by atoms with Crippen molar-refractivity contribution in [2.24, 2.45) is 0 Å². The van der Waals surface area contributed by atoms with Gasteiger partial charge in [0.2, 0.25) is 5.78 Å². The number of aromatic nitrogens is 2. The standard InChI is InChI=1S/C26H19N3O3/c1-28-22-15-9-8-14-19(22)24(30)21(25(28)31)16-20-23(17-10-4-2-5-11-17)27-29(26(20)32)18-12-6-3-7-13-18/h2-16,27H,1H3. The van der Waals surface area contributed by atoms with Gasteiger partial charge in [-0.15, -0.1) is 0 Å². The van der Waals surface area contributed by atoms with E-state index in [0.717, 1.165) is 5.56 Å². The second-order valence-electron chi connectivity index (χ2n) is 7.51. The Hall–Kier alpha value is -4.45. The summed E-state index contributed by atoms with van der Waals surface area (Å²) in [6, 6.07) is 25.5. The van der Waals surface area contributed by atoms with Gasteiger partial charge in [0.1, 0.15) is 0 Å².